The molecule has 1 heterocycles. The van der Waals surface area contributed by atoms with Crippen LogP contribution in [0, 0.1) is 17.0 Å². The molecular formula is C20H14ClN3O2S. The van der Waals surface area contributed by atoms with Crippen LogP contribution in [0.3, 0.4) is 0 Å². The van der Waals surface area contributed by atoms with E-state index in [2.05, 4.69) is 9.97 Å². The first kappa shape index (κ1) is 17.6. The number of nitrogens with zero attached hydrogens (tertiary/aromatic N) is 2. The summed E-state index contributed by atoms with van der Waals surface area (Å²) in [6.45, 7) is 2.04. The van der Waals surface area contributed by atoms with Crippen molar-refractivity contribution in [3.05, 3.63) is 81.4 Å². The molecule has 0 saturated heterocycles. The van der Waals surface area contributed by atoms with Crippen LogP contribution in [0.2, 0.25) is 5.02 Å². The van der Waals surface area contributed by atoms with Gasteiger partial charge in [0.15, 0.2) is 0 Å². The molecule has 0 fully saturated rings. The van der Waals surface area contributed by atoms with Crippen LogP contribution in [0.1, 0.15) is 5.56 Å². The number of fused-ring (bicyclic) bond motifs is 1. The maximum absolute atomic E-state index is 10.9. The van der Waals surface area contributed by atoms with Gasteiger partial charge in [0.25, 0.3) is 5.69 Å². The van der Waals surface area contributed by atoms with E-state index in [0.717, 1.165) is 25.9 Å². The van der Waals surface area contributed by atoms with Gasteiger partial charge in [-0.25, -0.2) is 4.98 Å². The number of aromatic nitrogens is 2. The molecule has 0 unspecified atom stereocenters. The summed E-state index contributed by atoms with van der Waals surface area (Å²) in [7, 11) is 0. The van der Waals surface area contributed by atoms with Crippen molar-refractivity contribution < 1.29 is 4.92 Å². The molecule has 7 heteroatoms. The highest BCUT2D eigenvalue weighted by atomic mass is 35.5. The van der Waals surface area contributed by atoms with Crippen molar-refractivity contribution in [2.75, 3.05) is 0 Å². The van der Waals surface area contributed by atoms with Crippen molar-refractivity contribution >= 4 is 40.1 Å². The Bertz CT molecular complexity index is 1140. The minimum absolute atomic E-state index is 0.0413. The van der Waals surface area contributed by atoms with Crippen LogP contribution in [-0.2, 0) is 0 Å². The smallest absolute Gasteiger partial charge is 0.271 e. The number of nitro benzene ring substituents is 1. The SMILES string of the molecule is Cc1cccc(Cl)c1Sc1ccc(-c2nc3ccc([N+](=O)[O-])cc3[nH]2)cc1. The lowest BCUT2D eigenvalue weighted by atomic mass is 10.2. The Balaban J connectivity index is 1.62. The predicted molar refractivity (Wildman–Crippen MR) is 108 cm³/mol. The molecule has 0 aliphatic heterocycles. The number of H-pyrrole nitrogens is 1. The molecule has 0 aliphatic rings. The van der Waals surface area contributed by atoms with E-state index in [1.165, 1.54) is 12.1 Å². The molecule has 0 amide bonds. The van der Waals surface area contributed by atoms with Gasteiger partial charge in [0.05, 0.1) is 21.0 Å². The molecule has 0 atom stereocenters. The third-order valence-corrected chi connectivity index (χ3v) is 5.87. The Hall–Kier alpha value is -2.83. The van der Waals surface area contributed by atoms with Crippen LogP contribution in [0.5, 0.6) is 0 Å². The first-order valence-electron chi connectivity index (χ1n) is 8.19. The number of rotatable bonds is 4. The minimum Gasteiger partial charge on any atom is -0.338 e. The van der Waals surface area contributed by atoms with Crippen molar-refractivity contribution in [2.45, 2.75) is 16.7 Å². The molecular weight excluding hydrogens is 382 g/mol. The fourth-order valence-electron chi connectivity index (χ4n) is 2.79. The Labute approximate surface area is 164 Å². The summed E-state index contributed by atoms with van der Waals surface area (Å²) in [5, 5.41) is 11.7. The zero-order valence-corrected chi connectivity index (χ0v) is 15.8. The first-order valence-corrected chi connectivity index (χ1v) is 9.38. The van der Waals surface area contributed by atoms with E-state index in [-0.39, 0.29) is 5.69 Å². The van der Waals surface area contributed by atoms with Gasteiger partial charge in [0, 0.05) is 27.5 Å². The molecule has 134 valence electrons. The normalized spacial score (nSPS) is 11.0. The first-order chi connectivity index (χ1) is 13.0. The summed E-state index contributed by atoms with van der Waals surface area (Å²) in [4.78, 5) is 20.3. The zero-order chi connectivity index (χ0) is 19.0. The lowest BCUT2D eigenvalue weighted by Crippen LogP contribution is -1.86. The van der Waals surface area contributed by atoms with E-state index in [0.29, 0.717) is 16.9 Å². The van der Waals surface area contributed by atoms with Gasteiger partial charge in [-0.3, -0.25) is 10.1 Å². The van der Waals surface area contributed by atoms with Crippen LogP contribution in [-0.4, -0.2) is 14.9 Å². The van der Waals surface area contributed by atoms with Crippen LogP contribution >= 0.6 is 23.4 Å². The van der Waals surface area contributed by atoms with Gasteiger partial charge in [0.2, 0.25) is 0 Å². The van der Waals surface area contributed by atoms with Crippen molar-refractivity contribution in [1.82, 2.24) is 9.97 Å². The summed E-state index contributed by atoms with van der Waals surface area (Å²) in [5.74, 6) is 0.677. The number of hydrogen-bond acceptors (Lipinski definition) is 4. The Morgan fingerprint density at radius 2 is 1.89 bits per heavy atom. The van der Waals surface area contributed by atoms with E-state index < -0.39 is 4.92 Å². The maximum Gasteiger partial charge on any atom is 0.271 e. The number of non-ortho nitro benzene ring substituents is 1. The highest BCUT2D eigenvalue weighted by molar-refractivity contribution is 7.99. The maximum atomic E-state index is 10.9. The lowest BCUT2D eigenvalue weighted by molar-refractivity contribution is -0.384. The van der Waals surface area contributed by atoms with Crippen molar-refractivity contribution in [3.63, 3.8) is 0 Å². The summed E-state index contributed by atoms with van der Waals surface area (Å²) in [6.07, 6.45) is 0. The second-order valence-corrected chi connectivity index (χ2v) is 7.55. The van der Waals surface area contributed by atoms with Crippen LogP contribution in [0.15, 0.2) is 70.5 Å². The quantitative estimate of drug-likeness (QED) is 0.327. The van der Waals surface area contributed by atoms with Crippen molar-refractivity contribution in [1.29, 1.82) is 0 Å². The van der Waals surface area contributed by atoms with Gasteiger partial charge in [-0.1, -0.05) is 47.6 Å². The highest BCUT2D eigenvalue weighted by Gasteiger charge is 2.11. The molecule has 5 nitrogen and oxygen atoms in total. The van der Waals surface area contributed by atoms with E-state index >= 15 is 0 Å². The number of halogens is 1. The van der Waals surface area contributed by atoms with Gasteiger partial charge in [-0.05, 0) is 36.8 Å². The van der Waals surface area contributed by atoms with Crippen LogP contribution < -0.4 is 0 Å². The largest absolute Gasteiger partial charge is 0.338 e. The van der Waals surface area contributed by atoms with Crippen LogP contribution in [0.4, 0.5) is 5.69 Å². The molecule has 0 bridgehead atoms. The third kappa shape index (κ3) is 3.54. The summed E-state index contributed by atoms with van der Waals surface area (Å²) < 4.78 is 0. The predicted octanol–water partition coefficient (Wildman–Crippen LogP) is 6.25. The van der Waals surface area contributed by atoms with Crippen molar-refractivity contribution in [2.24, 2.45) is 0 Å². The number of benzene rings is 3. The van der Waals surface area contributed by atoms with Gasteiger partial charge < -0.3 is 4.98 Å². The number of nitrogens with one attached hydrogen (secondary N) is 1. The molecule has 0 saturated carbocycles. The van der Waals surface area contributed by atoms with Crippen molar-refractivity contribution in [3.8, 4) is 11.4 Å². The molecule has 1 N–H and O–H groups in total. The number of imidazole rings is 1. The zero-order valence-electron chi connectivity index (χ0n) is 14.3. The molecule has 0 spiro atoms. The highest BCUT2D eigenvalue weighted by Crippen LogP contribution is 2.36. The summed E-state index contributed by atoms with van der Waals surface area (Å²) in [5.41, 5.74) is 3.43. The molecule has 4 aromatic rings. The molecule has 0 radical (unpaired) electrons. The van der Waals surface area contributed by atoms with Crippen LogP contribution in [0.25, 0.3) is 22.4 Å². The molecule has 3 aromatic carbocycles. The van der Waals surface area contributed by atoms with E-state index in [4.69, 9.17) is 11.6 Å². The third-order valence-electron chi connectivity index (χ3n) is 4.19. The average molecular weight is 396 g/mol. The van der Waals surface area contributed by atoms with Gasteiger partial charge >= 0.3 is 0 Å². The number of nitro groups is 1. The Morgan fingerprint density at radius 1 is 1.11 bits per heavy atom. The standard InChI is InChI=1S/C20H14ClN3O2S/c1-12-3-2-4-16(21)19(12)27-15-8-5-13(6-9-15)20-22-17-10-7-14(24(25)26)11-18(17)23-20/h2-11H,1H3,(H,22,23). The molecule has 0 aliphatic carbocycles. The average Bonchev–Trinajstić information content (AvgIpc) is 3.08. The Morgan fingerprint density at radius 3 is 2.59 bits per heavy atom. The second kappa shape index (κ2) is 7.06. The summed E-state index contributed by atoms with van der Waals surface area (Å²) in [6, 6.07) is 18.4. The molecule has 27 heavy (non-hydrogen) atoms. The fraction of sp³-hybridized carbons (Fsp3) is 0.0500. The number of hydrogen-bond donors (Lipinski definition) is 1. The van der Waals surface area contributed by atoms with Gasteiger partial charge in [-0.15, -0.1) is 0 Å². The van der Waals surface area contributed by atoms with Gasteiger partial charge in [-0.2, -0.15) is 0 Å². The minimum atomic E-state index is -0.414. The molecule has 1 aromatic heterocycles. The number of aryl methyl sites for hydroxylation is 1. The molecule has 4 rings (SSSR count). The fourth-order valence-corrected chi connectivity index (χ4v) is 4.03. The van der Waals surface area contributed by atoms with E-state index in [1.807, 2.05) is 49.4 Å². The summed E-state index contributed by atoms with van der Waals surface area (Å²) >= 11 is 7.92. The van der Waals surface area contributed by atoms with Gasteiger partial charge in [0.1, 0.15) is 5.82 Å². The van der Waals surface area contributed by atoms with E-state index in [9.17, 15) is 10.1 Å². The second-order valence-electron chi connectivity index (χ2n) is 6.06. The lowest BCUT2D eigenvalue weighted by Gasteiger charge is -2.08. The topological polar surface area (TPSA) is 71.8 Å². The number of aromatic amines is 1. The van der Waals surface area contributed by atoms with E-state index in [1.54, 1.807) is 17.8 Å². The monoisotopic (exact) mass is 395 g/mol. The Kier molecular flexibility index (Phi) is 4.59.